The van der Waals surface area contributed by atoms with Gasteiger partial charge in [-0.25, -0.2) is 0 Å². The van der Waals surface area contributed by atoms with Crippen molar-refractivity contribution in [3.63, 3.8) is 0 Å². The molecule has 2 N–H and O–H groups in total. The highest BCUT2D eigenvalue weighted by molar-refractivity contribution is 6.13. The molecule has 0 aromatic heterocycles. The number of amides is 2. The second-order valence-corrected chi connectivity index (χ2v) is 5.40. The molecule has 2 atom stereocenters. The van der Waals surface area contributed by atoms with E-state index in [2.05, 4.69) is 5.32 Å². The Morgan fingerprint density at radius 2 is 1.78 bits per heavy atom. The molecule has 18 heavy (non-hydrogen) atoms. The van der Waals surface area contributed by atoms with Crippen molar-refractivity contribution in [1.29, 1.82) is 0 Å². The van der Waals surface area contributed by atoms with Crippen LogP contribution in [0.15, 0.2) is 0 Å². The van der Waals surface area contributed by atoms with Crippen LogP contribution in [0.25, 0.3) is 0 Å². The minimum absolute atomic E-state index is 0.268. The number of likely N-dealkylation sites (tertiary alicyclic amines) is 1. The molecule has 3 rings (SSSR count). The van der Waals surface area contributed by atoms with Gasteiger partial charge in [0.1, 0.15) is 0 Å². The molecule has 1 saturated carbocycles. The molecule has 98 valence electrons. The zero-order valence-electron chi connectivity index (χ0n) is 9.96. The number of fused-ring (bicyclic) bond motifs is 1. The third-order valence-electron chi connectivity index (χ3n) is 4.31. The summed E-state index contributed by atoms with van der Waals surface area (Å²) in [6.45, 7) is 2.32. The molecule has 0 spiro atoms. The quantitative estimate of drug-likeness (QED) is 0.649. The normalized spacial score (nSPS) is 35.8. The predicted molar refractivity (Wildman–Crippen MR) is 60.4 cm³/mol. The molecular weight excluding hydrogens is 236 g/mol. The summed E-state index contributed by atoms with van der Waals surface area (Å²) in [7, 11) is 0. The number of imide groups is 1. The maximum Gasteiger partial charge on any atom is 0.308 e. The SMILES string of the molecule is O=C(O)C1C2C(=O)N(CC3CCNCC3)C(=O)C12. The smallest absolute Gasteiger partial charge is 0.308 e. The molecule has 0 radical (unpaired) electrons. The van der Waals surface area contributed by atoms with Crippen molar-refractivity contribution < 1.29 is 19.5 Å². The zero-order valence-corrected chi connectivity index (χ0v) is 9.96. The molecule has 0 aromatic carbocycles. The highest BCUT2D eigenvalue weighted by Crippen LogP contribution is 2.53. The first-order chi connectivity index (χ1) is 8.61. The van der Waals surface area contributed by atoms with Gasteiger partial charge in [-0.2, -0.15) is 0 Å². The van der Waals surface area contributed by atoms with E-state index >= 15 is 0 Å². The molecule has 2 saturated heterocycles. The van der Waals surface area contributed by atoms with Gasteiger partial charge in [0.2, 0.25) is 11.8 Å². The lowest BCUT2D eigenvalue weighted by Gasteiger charge is -2.27. The van der Waals surface area contributed by atoms with Crippen molar-refractivity contribution in [3.8, 4) is 0 Å². The van der Waals surface area contributed by atoms with Gasteiger partial charge in [0.15, 0.2) is 0 Å². The van der Waals surface area contributed by atoms with Crippen LogP contribution in [0, 0.1) is 23.7 Å². The first kappa shape index (κ1) is 11.6. The molecule has 2 heterocycles. The molecule has 0 bridgehead atoms. The van der Waals surface area contributed by atoms with Gasteiger partial charge in [-0.3, -0.25) is 19.3 Å². The number of piperidine rings is 2. The first-order valence-electron chi connectivity index (χ1n) is 6.40. The van der Waals surface area contributed by atoms with Crippen molar-refractivity contribution in [1.82, 2.24) is 10.2 Å². The number of nitrogens with one attached hydrogen (secondary N) is 1. The van der Waals surface area contributed by atoms with E-state index < -0.39 is 23.7 Å². The summed E-state index contributed by atoms with van der Waals surface area (Å²) in [6.07, 6.45) is 1.93. The molecule has 0 aromatic rings. The number of carboxylic acids is 1. The lowest BCUT2D eigenvalue weighted by Crippen LogP contribution is -2.41. The van der Waals surface area contributed by atoms with E-state index in [0.717, 1.165) is 25.9 Å². The molecule has 6 nitrogen and oxygen atoms in total. The van der Waals surface area contributed by atoms with E-state index in [9.17, 15) is 14.4 Å². The number of carbonyl (C=O) groups is 3. The number of carbonyl (C=O) groups excluding carboxylic acids is 2. The Morgan fingerprint density at radius 1 is 1.22 bits per heavy atom. The third kappa shape index (κ3) is 1.63. The third-order valence-corrected chi connectivity index (χ3v) is 4.31. The molecule has 3 fully saturated rings. The standard InChI is InChI=1S/C12H16N2O4/c15-10-7-8(9(7)12(17)18)11(16)14(10)5-6-1-3-13-4-2-6/h6-9,13H,1-5H2,(H,17,18). The maximum atomic E-state index is 12.0. The summed E-state index contributed by atoms with van der Waals surface area (Å²) in [4.78, 5) is 36.1. The Hall–Kier alpha value is -1.43. The number of aliphatic carboxylic acids is 1. The molecule has 2 aliphatic heterocycles. The maximum absolute atomic E-state index is 12.0. The van der Waals surface area contributed by atoms with E-state index in [1.807, 2.05) is 0 Å². The van der Waals surface area contributed by atoms with Crippen LogP contribution in [0.1, 0.15) is 12.8 Å². The fraction of sp³-hybridized carbons (Fsp3) is 0.750. The number of hydrogen-bond donors (Lipinski definition) is 2. The summed E-state index contributed by atoms with van der Waals surface area (Å²) in [5, 5.41) is 12.1. The number of rotatable bonds is 3. The van der Waals surface area contributed by atoms with Gasteiger partial charge in [-0.1, -0.05) is 0 Å². The summed E-state index contributed by atoms with van der Waals surface area (Å²) >= 11 is 0. The van der Waals surface area contributed by atoms with E-state index in [-0.39, 0.29) is 11.8 Å². The second-order valence-electron chi connectivity index (χ2n) is 5.40. The average Bonchev–Trinajstić information content (AvgIpc) is 3.05. The molecule has 2 amide bonds. The van der Waals surface area contributed by atoms with Gasteiger partial charge in [0, 0.05) is 6.54 Å². The van der Waals surface area contributed by atoms with Gasteiger partial charge >= 0.3 is 5.97 Å². The van der Waals surface area contributed by atoms with Crippen LogP contribution < -0.4 is 5.32 Å². The Morgan fingerprint density at radius 3 is 2.28 bits per heavy atom. The van der Waals surface area contributed by atoms with Gasteiger partial charge in [-0.15, -0.1) is 0 Å². The second kappa shape index (κ2) is 4.05. The first-order valence-corrected chi connectivity index (χ1v) is 6.40. The number of hydrogen-bond acceptors (Lipinski definition) is 4. The van der Waals surface area contributed by atoms with E-state index in [4.69, 9.17) is 5.11 Å². The predicted octanol–water partition coefficient (Wildman–Crippen LogP) is -0.698. The molecule has 6 heteroatoms. The van der Waals surface area contributed by atoms with Gasteiger partial charge in [-0.05, 0) is 31.8 Å². The Labute approximate surface area is 104 Å². The highest BCUT2D eigenvalue weighted by Gasteiger charge is 2.70. The van der Waals surface area contributed by atoms with Gasteiger partial charge in [0.05, 0.1) is 17.8 Å². The van der Waals surface area contributed by atoms with Gasteiger partial charge in [0.25, 0.3) is 0 Å². The van der Waals surface area contributed by atoms with Crippen molar-refractivity contribution in [2.45, 2.75) is 12.8 Å². The van der Waals surface area contributed by atoms with E-state index in [1.54, 1.807) is 0 Å². The largest absolute Gasteiger partial charge is 0.481 e. The van der Waals surface area contributed by atoms with Crippen LogP contribution in [0.5, 0.6) is 0 Å². The fourth-order valence-electron chi connectivity index (χ4n) is 3.20. The van der Waals surface area contributed by atoms with Crippen LogP contribution in [-0.4, -0.2) is 47.4 Å². The number of nitrogens with zero attached hydrogens (tertiary/aromatic N) is 1. The topological polar surface area (TPSA) is 86.7 Å². The number of carboxylic acid groups (broad SMARTS) is 1. The van der Waals surface area contributed by atoms with Crippen molar-refractivity contribution in [2.75, 3.05) is 19.6 Å². The molecule has 2 unspecified atom stereocenters. The van der Waals surface area contributed by atoms with Crippen molar-refractivity contribution in [3.05, 3.63) is 0 Å². The average molecular weight is 252 g/mol. The van der Waals surface area contributed by atoms with Crippen LogP contribution in [0.4, 0.5) is 0 Å². The fourth-order valence-corrected chi connectivity index (χ4v) is 3.20. The lowest BCUT2D eigenvalue weighted by molar-refractivity contribution is -0.149. The summed E-state index contributed by atoms with van der Waals surface area (Å²) in [6, 6.07) is 0. The van der Waals surface area contributed by atoms with E-state index in [1.165, 1.54) is 4.90 Å². The Kier molecular flexibility index (Phi) is 2.62. The molecule has 3 aliphatic rings. The summed E-state index contributed by atoms with van der Waals surface area (Å²) < 4.78 is 0. The lowest BCUT2D eigenvalue weighted by atomic mass is 9.97. The zero-order chi connectivity index (χ0) is 12.9. The Bertz CT molecular complexity index is 394. The molecule has 1 aliphatic carbocycles. The summed E-state index contributed by atoms with van der Waals surface area (Å²) in [5.41, 5.74) is 0. The van der Waals surface area contributed by atoms with Crippen molar-refractivity contribution >= 4 is 17.8 Å². The minimum atomic E-state index is -1.02. The van der Waals surface area contributed by atoms with Crippen molar-refractivity contribution in [2.24, 2.45) is 23.7 Å². The minimum Gasteiger partial charge on any atom is -0.481 e. The van der Waals surface area contributed by atoms with Crippen LogP contribution in [0.2, 0.25) is 0 Å². The highest BCUT2D eigenvalue weighted by atomic mass is 16.4. The summed E-state index contributed by atoms with van der Waals surface area (Å²) in [5.74, 6) is -3.09. The van der Waals surface area contributed by atoms with Crippen LogP contribution in [-0.2, 0) is 14.4 Å². The Balaban J connectivity index is 1.64. The van der Waals surface area contributed by atoms with Crippen LogP contribution >= 0.6 is 0 Å². The molecular formula is C12H16N2O4. The van der Waals surface area contributed by atoms with Gasteiger partial charge < -0.3 is 10.4 Å². The monoisotopic (exact) mass is 252 g/mol. The van der Waals surface area contributed by atoms with Crippen LogP contribution in [0.3, 0.4) is 0 Å². The van der Waals surface area contributed by atoms with E-state index in [0.29, 0.717) is 12.5 Å².